The lowest BCUT2D eigenvalue weighted by molar-refractivity contribution is -0.123. The van der Waals surface area contributed by atoms with E-state index in [0.717, 1.165) is 16.8 Å². The molecule has 1 aromatic carbocycles. The van der Waals surface area contributed by atoms with Crippen molar-refractivity contribution in [2.75, 3.05) is 0 Å². The van der Waals surface area contributed by atoms with Crippen molar-refractivity contribution in [3.8, 4) is 0 Å². The van der Waals surface area contributed by atoms with Crippen LogP contribution in [-0.2, 0) is 4.79 Å². The molecular weight excluding hydrogens is 366 g/mol. The zero-order valence-corrected chi connectivity index (χ0v) is 14.5. The molecule has 3 rings (SSSR count). The van der Waals surface area contributed by atoms with Crippen LogP contribution in [0.1, 0.15) is 15.9 Å². The van der Waals surface area contributed by atoms with Crippen LogP contribution >= 0.6 is 35.6 Å². The topological polar surface area (TPSA) is 62.3 Å². The molecule has 120 valence electrons. The van der Waals surface area contributed by atoms with Crippen molar-refractivity contribution in [1.82, 2.24) is 15.4 Å². The number of thiocarbonyl (C=S) groups is 1. The van der Waals surface area contributed by atoms with Gasteiger partial charge in [-0.05, 0) is 42.1 Å². The fraction of sp³-hybridized carbons (Fsp3) is 0. The maximum absolute atomic E-state index is 12.5. The fourth-order valence-electron chi connectivity index (χ4n) is 1.97. The van der Waals surface area contributed by atoms with Crippen LogP contribution < -0.4 is 5.43 Å². The first-order chi connectivity index (χ1) is 11.6. The Morgan fingerprint density at radius 3 is 2.67 bits per heavy atom. The number of halogens is 1. The molecule has 1 saturated heterocycles. The molecule has 1 N–H and O–H groups in total. The number of pyridine rings is 1. The largest absolute Gasteiger partial charge is 0.285 e. The summed E-state index contributed by atoms with van der Waals surface area (Å²) in [6, 6.07) is 10.3. The summed E-state index contributed by atoms with van der Waals surface area (Å²) in [6.07, 6.45) is 4.65. The number of rotatable bonds is 3. The van der Waals surface area contributed by atoms with E-state index in [4.69, 9.17) is 23.8 Å². The number of thioether (sulfide) groups is 1. The van der Waals surface area contributed by atoms with Gasteiger partial charge in [0, 0.05) is 23.0 Å². The van der Waals surface area contributed by atoms with Gasteiger partial charge in [0.2, 0.25) is 0 Å². The van der Waals surface area contributed by atoms with Gasteiger partial charge in [0.25, 0.3) is 11.8 Å². The molecule has 0 radical (unpaired) electrons. The highest BCUT2D eigenvalue weighted by atomic mass is 35.5. The monoisotopic (exact) mass is 375 g/mol. The van der Waals surface area contributed by atoms with Gasteiger partial charge in [-0.25, -0.2) is 0 Å². The van der Waals surface area contributed by atoms with Crippen LogP contribution in [0.25, 0.3) is 6.08 Å². The Morgan fingerprint density at radius 1 is 1.25 bits per heavy atom. The van der Waals surface area contributed by atoms with Crippen molar-refractivity contribution in [1.29, 1.82) is 0 Å². The summed E-state index contributed by atoms with van der Waals surface area (Å²) in [5.74, 6) is -0.833. The van der Waals surface area contributed by atoms with E-state index in [1.54, 1.807) is 36.4 Å². The number of nitrogens with zero attached hydrogens (tertiary/aromatic N) is 2. The van der Waals surface area contributed by atoms with Crippen molar-refractivity contribution in [2.24, 2.45) is 0 Å². The predicted octanol–water partition coefficient (Wildman–Crippen LogP) is 3.28. The van der Waals surface area contributed by atoms with Gasteiger partial charge in [-0.2, -0.15) is 5.01 Å². The molecule has 0 saturated carbocycles. The molecule has 1 aliphatic heterocycles. The third-order valence-electron chi connectivity index (χ3n) is 3.14. The Balaban J connectivity index is 1.80. The number of hydrogen-bond acceptors (Lipinski definition) is 5. The van der Waals surface area contributed by atoms with Gasteiger partial charge in [-0.1, -0.05) is 41.6 Å². The lowest BCUT2D eigenvalue weighted by atomic mass is 10.2. The number of carbonyl (C=O) groups excluding carboxylic acids is 2. The molecule has 2 amide bonds. The van der Waals surface area contributed by atoms with Gasteiger partial charge in [0.15, 0.2) is 4.32 Å². The van der Waals surface area contributed by atoms with Crippen molar-refractivity contribution in [2.45, 2.75) is 0 Å². The highest BCUT2D eigenvalue weighted by Gasteiger charge is 2.33. The molecule has 5 nitrogen and oxygen atoms in total. The van der Waals surface area contributed by atoms with Crippen molar-refractivity contribution < 1.29 is 9.59 Å². The van der Waals surface area contributed by atoms with Crippen LogP contribution in [0.15, 0.2) is 53.7 Å². The molecule has 2 heterocycles. The van der Waals surface area contributed by atoms with Crippen LogP contribution in [-0.4, -0.2) is 26.1 Å². The zero-order valence-electron chi connectivity index (χ0n) is 12.1. The first-order valence-corrected chi connectivity index (χ1v) is 8.40. The summed E-state index contributed by atoms with van der Waals surface area (Å²) in [5.41, 5.74) is 3.60. The summed E-state index contributed by atoms with van der Waals surface area (Å²) in [6.45, 7) is 0. The molecule has 24 heavy (non-hydrogen) atoms. The summed E-state index contributed by atoms with van der Waals surface area (Å²) >= 11 is 12.4. The Hall–Kier alpha value is -2.22. The molecule has 1 aliphatic rings. The third-order valence-corrected chi connectivity index (χ3v) is 4.79. The normalized spacial score (nSPS) is 15.9. The summed E-state index contributed by atoms with van der Waals surface area (Å²) in [4.78, 5) is 28.9. The summed E-state index contributed by atoms with van der Waals surface area (Å²) in [5, 5.41) is 1.59. The molecule has 0 aliphatic carbocycles. The predicted molar refractivity (Wildman–Crippen MR) is 98.2 cm³/mol. The Labute approximate surface area is 152 Å². The maximum Gasteiger partial charge on any atom is 0.285 e. The zero-order chi connectivity index (χ0) is 17.1. The highest BCUT2D eigenvalue weighted by Crippen LogP contribution is 2.32. The molecule has 1 aromatic heterocycles. The molecule has 0 unspecified atom stereocenters. The van der Waals surface area contributed by atoms with Gasteiger partial charge in [0.05, 0.1) is 4.91 Å². The first kappa shape index (κ1) is 16.6. The molecule has 0 spiro atoms. The first-order valence-electron chi connectivity index (χ1n) is 6.80. The third kappa shape index (κ3) is 3.48. The van der Waals surface area contributed by atoms with Gasteiger partial charge in [0.1, 0.15) is 0 Å². The van der Waals surface area contributed by atoms with Crippen LogP contribution in [0.5, 0.6) is 0 Å². The Bertz CT molecular complexity index is 855. The van der Waals surface area contributed by atoms with E-state index in [-0.39, 0.29) is 4.32 Å². The smallest absolute Gasteiger partial charge is 0.267 e. The quantitative estimate of drug-likeness (QED) is 0.659. The van der Waals surface area contributed by atoms with Crippen molar-refractivity contribution in [3.63, 3.8) is 0 Å². The summed E-state index contributed by atoms with van der Waals surface area (Å²) in [7, 11) is 0. The van der Waals surface area contributed by atoms with E-state index in [2.05, 4.69) is 10.4 Å². The Kier molecular flexibility index (Phi) is 4.94. The van der Waals surface area contributed by atoms with Gasteiger partial charge in [-0.3, -0.25) is 20.0 Å². The minimum absolute atomic E-state index is 0.251. The van der Waals surface area contributed by atoms with Crippen LogP contribution in [0, 0.1) is 0 Å². The molecule has 1 fully saturated rings. The second-order valence-electron chi connectivity index (χ2n) is 4.72. The average molecular weight is 376 g/mol. The Morgan fingerprint density at radius 2 is 1.96 bits per heavy atom. The molecular formula is C16H10ClN3O2S2. The SMILES string of the molecule is O=C(NN1C(=O)C(=Cc2ccccc2Cl)SC1=S)c1ccncc1. The van der Waals surface area contributed by atoms with E-state index in [1.807, 2.05) is 6.07 Å². The molecule has 0 bridgehead atoms. The second kappa shape index (κ2) is 7.12. The fourth-order valence-corrected chi connectivity index (χ4v) is 3.33. The number of hydrogen-bond donors (Lipinski definition) is 1. The second-order valence-corrected chi connectivity index (χ2v) is 6.80. The van der Waals surface area contributed by atoms with Gasteiger partial charge >= 0.3 is 0 Å². The number of aromatic nitrogens is 1. The van der Waals surface area contributed by atoms with Crippen LogP contribution in [0.3, 0.4) is 0 Å². The van der Waals surface area contributed by atoms with Crippen molar-refractivity contribution in [3.05, 3.63) is 69.8 Å². The maximum atomic E-state index is 12.5. The van der Waals surface area contributed by atoms with E-state index < -0.39 is 11.8 Å². The standard InChI is InChI=1S/C16H10ClN3O2S2/c17-12-4-2-1-3-11(12)9-13-15(22)20(16(23)24-13)19-14(21)10-5-7-18-8-6-10/h1-9H,(H,19,21). The van der Waals surface area contributed by atoms with Crippen LogP contribution in [0.4, 0.5) is 0 Å². The van der Waals surface area contributed by atoms with Crippen molar-refractivity contribution >= 4 is 57.8 Å². The number of amides is 2. The minimum atomic E-state index is -0.437. The van der Waals surface area contributed by atoms with Gasteiger partial charge < -0.3 is 0 Å². The number of carbonyl (C=O) groups is 2. The number of benzene rings is 1. The highest BCUT2D eigenvalue weighted by molar-refractivity contribution is 8.26. The van der Waals surface area contributed by atoms with E-state index >= 15 is 0 Å². The minimum Gasteiger partial charge on any atom is -0.267 e. The molecule has 0 atom stereocenters. The summed E-state index contributed by atoms with van der Waals surface area (Å²) < 4.78 is 0.251. The van der Waals surface area contributed by atoms with Gasteiger partial charge in [-0.15, -0.1) is 0 Å². The van der Waals surface area contributed by atoms with Crippen LogP contribution in [0.2, 0.25) is 5.02 Å². The van der Waals surface area contributed by atoms with E-state index in [1.165, 1.54) is 12.4 Å². The lowest BCUT2D eigenvalue weighted by Crippen LogP contribution is -2.44. The number of hydrazine groups is 1. The lowest BCUT2D eigenvalue weighted by Gasteiger charge is -2.15. The molecule has 8 heteroatoms. The average Bonchev–Trinajstić information content (AvgIpc) is 2.85. The molecule has 2 aromatic rings. The number of nitrogens with one attached hydrogen (secondary N) is 1. The van der Waals surface area contributed by atoms with E-state index in [0.29, 0.717) is 21.1 Å². The van der Waals surface area contributed by atoms with E-state index in [9.17, 15) is 9.59 Å².